The second-order valence-electron chi connectivity index (χ2n) is 4.46. The normalized spacial score (nSPS) is 12.5. The Labute approximate surface area is 117 Å². The summed E-state index contributed by atoms with van der Waals surface area (Å²) in [7, 11) is 0. The standard InChI is InChI=1S/C15H14ClNO2/c1-10-5-6-12(16)7-13(10)17-8-11-3-2-4-14-15(11)19-9-18-14/h2-7,17H,8-9H2,1H3. The van der Waals surface area contributed by atoms with Crippen LogP contribution >= 0.6 is 11.6 Å². The summed E-state index contributed by atoms with van der Waals surface area (Å²) >= 11 is 6.01. The Balaban J connectivity index is 1.80. The molecular weight excluding hydrogens is 262 g/mol. The van der Waals surface area contributed by atoms with Crippen molar-refractivity contribution in [2.24, 2.45) is 0 Å². The Morgan fingerprint density at radius 2 is 2.11 bits per heavy atom. The lowest BCUT2D eigenvalue weighted by Crippen LogP contribution is -2.02. The molecule has 3 nitrogen and oxygen atoms in total. The highest BCUT2D eigenvalue weighted by Crippen LogP contribution is 2.35. The first-order valence-electron chi connectivity index (χ1n) is 6.11. The highest BCUT2D eigenvalue weighted by molar-refractivity contribution is 6.30. The molecule has 0 unspecified atom stereocenters. The van der Waals surface area contributed by atoms with Gasteiger partial charge in [-0.15, -0.1) is 0 Å². The number of hydrogen-bond acceptors (Lipinski definition) is 3. The molecule has 1 aliphatic heterocycles. The van der Waals surface area contributed by atoms with E-state index < -0.39 is 0 Å². The molecule has 19 heavy (non-hydrogen) atoms. The van der Waals surface area contributed by atoms with Crippen LogP contribution in [0.3, 0.4) is 0 Å². The van der Waals surface area contributed by atoms with Crippen molar-refractivity contribution < 1.29 is 9.47 Å². The molecule has 0 radical (unpaired) electrons. The number of para-hydroxylation sites is 1. The van der Waals surface area contributed by atoms with E-state index in [0.717, 1.165) is 33.3 Å². The van der Waals surface area contributed by atoms with E-state index in [-0.39, 0.29) is 0 Å². The molecule has 0 saturated carbocycles. The fourth-order valence-corrected chi connectivity index (χ4v) is 2.28. The molecule has 4 heteroatoms. The zero-order valence-electron chi connectivity index (χ0n) is 10.6. The van der Waals surface area contributed by atoms with Gasteiger partial charge in [0.2, 0.25) is 6.79 Å². The Morgan fingerprint density at radius 3 is 3.00 bits per heavy atom. The fourth-order valence-electron chi connectivity index (χ4n) is 2.10. The molecule has 0 spiro atoms. The van der Waals surface area contributed by atoms with Crippen LogP contribution in [0.5, 0.6) is 11.5 Å². The average Bonchev–Trinajstić information content (AvgIpc) is 2.88. The van der Waals surface area contributed by atoms with Crippen molar-refractivity contribution in [1.82, 2.24) is 0 Å². The minimum Gasteiger partial charge on any atom is -0.454 e. The molecule has 0 atom stereocenters. The first kappa shape index (κ1) is 12.2. The zero-order chi connectivity index (χ0) is 13.2. The van der Waals surface area contributed by atoms with E-state index in [2.05, 4.69) is 5.32 Å². The van der Waals surface area contributed by atoms with Crippen LogP contribution in [-0.2, 0) is 6.54 Å². The van der Waals surface area contributed by atoms with E-state index in [9.17, 15) is 0 Å². The third-order valence-electron chi connectivity index (χ3n) is 3.15. The van der Waals surface area contributed by atoms with Crippen LogP contribution < -0.4 is 14.8 Å². The lowest BCUT2D eigenvalue weighted by atomic mass is 10.1. The van der Waals surface area contributed by atoms with E-state index >= 15 is 0 Å². The van der Waals surface area contributed by atoms with Gasteiger partial charge in [0.25, 0.3) is 0 Å². The number of anilines is 1. The summed E-state index contributed by atoms with van der Waals surface area (Å²) in [6.07, 6.45) is 0. The van der Waals surface area contributed by atoms with Gasteiger partial charge in [-0.2, -0.15) is 0 Å². The lowest BCUT2D eigenvalue weighted by Gasteiger charge is -2.11. The van der Waals surface area contributed by atoms with E-state index in [1.165, 1.54) is 0 Å². The monoisotopic (exact) mass is 275 g/mol. The van der Waals surface area contributed by atoms with Gasteiger partial charge in [-0.25, -0.2) is 0 Å². The van der Waals surface area contributed by atoms with Gasteiger partial charge in [0.05, 0.1) is 0 Å². The number of benzene rings is 2. The van der Waals surface area contributed by atoms with Gasteiger partial charge in [0, 0.05) is 22.8 Å². The Kier molecular flexibility index (Phi) is 3.22. The maximum Gasteiger partial charge on any atom is 0.231 e. The molecule has 1 N–H and O–H groups in total. The van der Waals surface area contributed by atoms with Crippen molar-refractivity contribution in [2.75, 3.05) is 12.1 Å². The smallest absolute Gasteiger partial charge is 0.231 e. The zero-order valence-corrected chi connectivity index (χ0v) is 11.3. The van der Waals surface area contributed by atoms with Gasteiger partial charge in [-0.05, 0) is 30.7 Å². The van der Waals surface area contributed by atoms with Crippen molar-refractivity contribution >= 4 is 17.3 Å². The predicted molar refractivity (Wildman–Crippen MR) is 76.1 cm³/mol. The highest BCUT2D eigenvalue weighted by Gasteiger charge is 2.16. The van der Waals surface area contributed by atoms with Crippen molar-refractivity contribution in [3.8, 4) is 11.5 Å². The topological polar surface area (TPSA) is 30.5 Å². The second-order valence-corrected chi connectivity index (χ2v) is 4.90. The van der Waals surface area contributed by atoms with Gasteiger partial charge in [0.15, 0.2) is 11.5 Å². The van der Waals surface area contributed by atoms with Crippen LogP contribution in [0.1, 0.15) is 11.1 Å². The molecular formula is C15H14ClNO2. The second kappa shape index (κ2) is 5.02. The van der Waals surface area contributed by atoms with Gasteiger partial charge in [0.1, 0.15) is 0 Å². The van der Waals surface area contributed by atoms with Crippen LogP contribution in [0.15, 0.2) is 36.4 Å². The van der Waals surface area contributed by atoms with Gasteiger partial charge < -0.3 is 14.8 Å². The molecule has 1 heterocycles. The molecule has 0 bridgehead atoms. The predicted octanol–water partition coefficient (Wildman–Crippen LogP) is 3.99. The maximum absolute atomic E-state index is 6.01. The Hall–Kier alpha value is -1.87. The van der Waals surface area contributed by atoms with Crippen molar-refractivity contribution in [3.05, 3.63) is 52.5 Å². The Bertz CT molecular complexity index is 613. The number of hydrogen-bond donors (Lipinski definition) is 1. The molecule has 0 aromatic heterocycles. The van der Waals surface area contributed by atoms with Gasteiger partial charge >= 0.3 is 0 Å². The number of halogens is 1. The minimum atomic E-state index is 0.294. The van der Waals surface area contributed by atoms with Crippen LogP contribution in [-0.4, -0.2) is 6.79 Å². The quantitative estimate of drug-likeness (QED) is 0.919. The molecule has 0 fully saturated rings. The maximum atomic E-state index is 6.01. The molecule has 1 aliphatic rings. The number of ether oxygens (including phenoxy) is 2. The van der Waals surface area contributed by atoms with E-state index in [4.69, 9.17) is 21.1 Å². The summed E-state index contributed by atoms with van der Waals surface area (Å²) in [5.74, 6) is 1.64. The minimum absolute atomic E-state index is 0.294. The van der Waals surface area contributed by atoms with Crippen LogP contribution in [0.2, 0.25) is 5.02 Å². The van der Waals surface area contributed by atoms with Crippen LogP contribution in [0.4, 0.5) is 5.69 Å². The summed E-state index contributed by atoms with van der Waals surface area (Å²) in [6, 6.07) is 11.7. The third kappa shape index (κ3) is 2.47. The van der Waals surface area contributed by atoms with Gasteiger partial charge in [-0.1, -0.05) is 29.8 Å². The number of rotatable bonds is 3. The largest absolute Gasteiger partial charge is 0.454 e. The Morgan fingerprint density at radius 1 is 1.21 bits per heavy atom. The summed E-state index contributed by atoms with van der Waals surface area (Å²) < 4.78 is 10.8. The molecule has 2 aromatic carbocycles. The summed E-state index contributed by atoms with van der Waals surface area (Å²) in [5.41, 5.74) is 3.27. The van der Waals surface area contributed by atoms with E-state index in [0.29, 0.717) is 13.3 Å². The van der Waals surface area contributed by atoms with Crippen molar-refractivity contribution in [3.63, 3.8) is 0 Å². The molecule has 0 amide bonds. The molecule has 3 rings (SSSR count). The SMILES string of the molecule is Cc1ccc(Cl)cc1NCc1cccc2c1OCO2. The summed E-state index contributed by atoms with van der Waals surface area (Å²) in [6.45, 7) is 3.02. The number of aryl methyl sites for hydroxylation is 1. The van der Waals surface area contributed by atoms with Crippen LogP contribution in [0, 0.1) is 6.92 Å². The van der Waals surface area contributed by atoms with E-state index in [1.54, 1.807) is 0 Å². The molecule has 0 saturated heterocycles. The fraction of sp³-hybridized carbons (Fsp3) is 0.200. The van der Waals surface area contributed by atoms with E-state index in [1.807, 2.05) is 43.3 Å². The highest BCUT2D eigenvalue weighted by atomic mass is 35.5. The molecule has 2 aromatic rings. The first-order valence-corrected chi connectivity index (χ1v) is 6.49. The third-order valence-corrected chi connectivity index (χ3v) is 3.38. The first-order chi connectivity index (χ1) is 9.24. The van der Waals surface area contributed by atoms with Gasteiger partial charge in [-0.3, -0.25) is 0 Å². The summed E-state index contributed by atoms with van der Waals surface area (Å²) in [5, 5.41) is 4.11. The summed E-state index contributed by atoms with van der Waals surface area (Å²) in [4.78, 5) is 0. The number of fused-ring (bicyclic) bond motifs is 1. The average molecular weight is 276 g/mol. The molecule has 0 aliphatic carbocycles. The van der Waals surface area contributed by atoms with Crippen molar-refractivity contribution in [1.29, 1.82) is 0 Å². The molecule has 98 valence electrons. The number of nitrogens with one attached hydrogen (secondary N) is 1. The van der Waals surface area contributed by atoms with Crippen LogP contribution in [0.25, 0.3) is 0 Å². The lowest BCUT2D eigenvalue weighted by molar-refractivity contribution is 0.173. The van der Waals surface area contributed by atoms with Crippen molar-refractivity contribution in [2.45, 2.75) is 13.5 Å².